The number of carbonyl (C=O) groups excluding carboxylic acids is 1. The molecule has 1 atom stereocenters. The van der Waals surface area contributed by atoms with E-state index in [1.807, 2.05) is 50.2 Å². The van der Waals surface area contributed by atoms with Crippen molar-refractivity contribution in [1.82, 2.24) is 20.1 Å². The number of aryl methyl sites for hydroxylation is 2. The molecule has 0 radical (unpaired) electrons. The fourth-order valence-electron chi connectivity index (χ4n) is 2.79. The molecule has 2 heterocycles. The lowest BCUT2D eigenvalue weighted by molar-refractivity contribution is 0.0939. The van der Waals surface area contributed by atoms with Crippen molar-refractivity contribution in [2.24, 2.45) is 0 Å². The summed E-state index contributed by atoms with van der Waals surface area (Å²) in [7, 11) is 0. The molecule has 0 saturated heterocycles. The normalized spacial score (nSPS) is 12.0. The Kier molecular flexibility index (Phi) is 5.38. The lowest BCUT2D eigenvalue weighted by atomic mass is 10.1. The van der Waals surface area contributed by atoms with E-state index in [1.54, 1.807) is 24.0 Å². The van der Waals surface area contributed by atoms with E-state index in [1.165, 1.54) is 5.56 Å². The van der Waals surface area contributed by atoms with Crippen LogP contribution in [0.15, 0.2) is 48.8 Å². The number of nitrogens with zero attached hydrogens (tertiary/aromatic N) is 3. The van der Waals surface area contributed by atoms with Gasteiger partial charge in [-0.3, -0.25) is 9.78 Å². The minimum Gasteiger partial charge on any atom is -0.345 e. The molecule has 1 aromatic carbocycles. The van der Waals surface area contributed by atoms with Gasteiger partial charge >= 0.3 is 0 Å². The van der Waals surface area contributed by atoms with Gasteiger partial charge in [0.2, 0.25) is 0 Å². The molecule has 0 aliphatic heterocycles. The first kappa shape index (κ1) is 18.1. The van der Waals surface area contributed by atoms with E-state index in [0.717, 1.165) is 11.1 Å². The summed E-state index contributed by atoms with van der Waals surface area (Å²) >= 11 is 6.46. The van der Waals surface area contributed by atoms with Crippen molar-refractivity contribution in [1.29, 1.82) is 0 Å². The van der Waals surface area contributed by atoms with Crippen molar-refractivity contribution in [3.63, 3.8) is 0 Å². The summed E-state index contributed by atoms with van der Waals surface area (Å²) in [6.07, 6.45) is 3.41. The van der Waals surface area contributed by atoms with Crippen LogP contribution in [0.1, 0.15) is 45.7 Å². The third-order valence-corrected chi connectivity index (χ3v) is 4.68. The van der Waals surface area contributed by atoms with E-state index in [0.29, 0.717) is 23.0 Å². The smallest absolute Gasteiger partial charge is 0.256 e. The monoisotopic (exact) mass is 368 g/mol. The summed E-state index contributed by atoms with van der Waals surface area (Å²) in [6.45, 7) is 6.28. The highest BCUT2D eigenvalue weighted by atomic mass is 35.5. The molecule has 3 aromatic rings. The molecule has 1 unspecified atom stereocenters. The number of benzene rings is 1. The number of halogens is 1. The van der Waals surface area contributed by atoms with Gasteiger partial charge in [-0.2, -0.15) is 5.10 Å². The number of rotatable bonds is 5. The van der Waals surface area contributed by atoms with Crippen LogP contribution >= 0.6 is 11.6 Å². The SMILES string of the molecule is Cc1ccc(Cn2nc(C)c(C(=O)NC(C)c3ccncc3)c2Cl)cc1. The predicted octanol–water partition coefficient (Wildman–Crippen LogP) is 4.09. The van der Waals surface area contributed by atoms with Crippen LogP contribution in [-0.4, -0.2) is 20.7 Å². The Morgan fingerprint density at radius 3 is 2.46 bits per heavy atom. The summed E-state index contributed by atoms with van der Waals surface area (Å²) in [5, 5.41) is 7.77. The molecular weight excluding hydrogens is 348 g/mol. The molecule has 0 aliphatic rings. The summed E-state index contributed by atoms with van der Waals surface area (Å²) < 4.78 is 1.66. The number of nitrogens with one attached hydrogen (secondary N) is 1. The van der Waals surface area contributed by atoms with Crippen molar-refractivity contribution in [2.75, 3.05) is 0 Å². The van der Waals surface area contributed by atoms with Crippen LogP contribution in [-0.2, 0) is 6.54 Å². The zero-order valence-electron chi connectivity index (χ0n) is 15.0. The first-order chi connectivity index (χ1) is 12.5. The summed E-state index contributed by atoms with van der Waals surface area (Å²) in [5.41, 5.74) is 4.29. The molecule has 26 heavy (non-hydrogen) atoms. The third kappa shape index (κ3) is 3.94. The fraction of sp³-hybridized carbons (Fsp3) is 0.250. The minimum absolute atomic E-state index is 0.151. The Morgan fingerprint density at radius 2 is 1.81 bits per heavy atom. The van der Waals surface area contributed by atoms with Gasteiger partial charge in [-0.05, 0) is 44.0 Å². The average Bonchev–Trinajstić information content (AvgIpc) is 2.91. The van der Waals surface area contributed by atoms with Crippen LogP contribution in [0, 0.1) is 13.8 Å². The third-order valence-electron chi connectivity index (χ3n) is 4.30. The van der Waals surface area contributed by atoms with E-state index < -0.39 is 0 Å². The maximum absolute atomic E-state index is 12.7. The molecule has 1 N–H and O–H groups in total. The van der Waals surface area contributed by atoms with Gasteiger partial charge in [0.05, 0.1) is 23.8 Å². The maximum atomic E-state index is 12.7. The molecule has 0 spiro atoms. The van der Waals surface area contributed by atoms with Crippen LogP contribution in [0.4, 0.5) is 0 Å². The molecule has 0 saturated carbocycles. The van der Waals surface area contributed by atoms with E-state index in [9.17, 15) is 4.79 Å². The molecule has 0 aliphatic carbocycles. The van der Waals surface area contributed by atoms with Crippen molar-refractivity contribution in [3.05, 3.63) is 81.9 Å². The number of pyridine rings is 1. The lowest BCUT2D eigenvalue weighted by Crippen LogP contribution is -2.27. The summed E-state index contributed by atoms with van der Waals surface area (Å²) in [4.78, 5) is 16.7. The number of hydrogen-bond acceptors (Lipinski definition) is 3. The Hall–Kier alpha value is -2.66. The molecule has 1 amide bonds. The molecule has 3 rings (SSSR count). The largest absolute Gasteiger partial charge is 0.345 e. The Labute approximate surface area is 158 Å². The van der Waals surface area contributed by atoms with E-state index in [4.69, 9.17) is 11.6 Å². The van der Waals surface area contributed by atoms with E-state index >= 15 is 0 Å². The van der Waals surface area contributed by atoms with Crippen LogP contribution in [0.5, 0.6) is 0 Å². The highest BCUT2D eigenvalue weighted by molar-refractivity contribution is 6.33. The second kappa shape index (κ2) is 7.70. The second-order valence-electron chi connectivity index (χ2n) is 6.37. The topological polar surface area (TPSA) is 59.8 Å². The van der Waals surface area contributed by atoms with Crippen LogP contribution < -0.4 is 5.32 Å². The molecule has 5 nitrogen and oxygen atoms in total. The molecular formula is C20H21ClN4O. The predicted molar refractivity (Wildman–Crippen MR) is 102 cm³/mol. The van der Waals surface area contributed by atoms with Gasteiger partial charge in [0.25, 0.3) is 5.91 Å². The highest BCUT2D eigenvalue weighted by Crippen LogP contribution is 2.22. The van der Waals surface area contributed by atoms with Gasteiger partial charge in [-0.25, -0.2) is 4.68 Å². The molecule has 134 valence electrons. The average molecular weight is 369 g/mol. The van der Waals surface area contributed by atoms with Crippen LogP contribution in [0.25, 0.3) is 0 Å². The minimum atomic E-state index is -0.230. The van der Waals surface area contributed by atoms with Crippen LogP contribution in [0.3, 0.4) is 0 Å². The molecule has 0 fully saturated rings. The van der Waals surface area contributed by atoms with Gasteiger partial charge in [0, 0.05) is 12.4 Å². The van der Waals surface area contributed by atoms with Gasteiger partial charge < -0.3 is 5.32 Å². The number of carbonyl (C=O) groups is 1. The second-order valence-corrected chi connectivity index (χ2v) is 6.73. The standard InChI is InChI=1S/C20H21ClN4O/c1-13-4-6-16(7-5-13)12-25-19(21)18(15(3)24-25)20(26)23-14(2)17-8-10-22-11-9-17/h4-11,14H,12H2,1-3H3,(H,23,26). The maximum Gasteiger partial charge on any atom is 0.256 e. The number of aromatic nitrogens is 3. The fourth-order valence-corrected chi connectivity index (χ4v) is 3.11. The van der Waals surface area contributed by atoms with Crippen LogP contribution in [0.2, 0.25) is 5.15 Å². The van der Waals surface area contributed by atoms with Crippen molar-refractivity contribution in [2.45, 2.75) is 33.4 Å². The van der Waals surface area contributed by atoms with Gasteiger partial charge in [0.1, 0.15) is 5.15 Å². The zero-order valence-corrected chi connectivity index (χ0v) is 15.8. The van der Waals surface area contributed by atoms with E-state index in [2.05, 4.69) is 15.4 Å². The van der Waals surface area contributed by atoms with E-state index in [-0.39, 0.29) is 11.9 Å². The summed E-state index contributed by atoms with van der Waals surface area (Å²) in [6, 6.07) is 11.8. The first-order valence-electron chi connectivity index (χ1n) is 8.45. The molecule has 0 bridgehead atoms. The first-order valence-corrected chi connectivity index (χ1v) is 8.82. The Bertz CT molecular complexity index is 904. The summed E-state index contributed by atoms with van der Waals surface area (Å²) in [5.74, 6) is -0.230. The van der Waals surface area contributed by atoms with Crippen molar-refractivity contribution >= 4 is 17.5 Å². The Balaban J connectivity index is 1.78. The number of amides is 1. The van der Waals surface area contributed by atoms with Gasteiger partial charge in [-0.15, -0.1) is 0 Å². The molecule has 6 heteroatoms. The zero-order chi connectivity index (χ0) is 18.7. The van der Waals surface area contributed by atoms with Crippen molar-refractivity contribution in [3.8, 4) is 0 Å². The van der Waals surface area contributed by atoms with Gasteiger partial charge in [-0.1, -0.05) is 41.4 Å². The van der Waals surface area contributed by atoms with Gasteiger partial charge in [0.15, 0.2) is 0 Å². The Morgan fingerprint density at radius 1 is 1.15 bits per heavy atom. The highest BCUT2D eigenvalue weighted by Gasteiger charge is 2.22. The quantitative estimate of drug-likeness (QED) is 0.737. The van der Waals surface area contributed by atoms with Crippen molar-refractivity contribution < 1.29 is 4.79 Å². The lowest BCUT2D eigenvalue weighted by Gasteiger charge is -2.14. The number of hydrogen-bond donors (Lipinski definition) is 1. The molecule has 2 aromatic heterocycles.